The number of carbonyl (C=O) groups excluding carboxylic acids is 2. The summed E-state index contributed by atoms with van der Waals surface area (Å²) < 4.78 is 0. The third-order valence-corrected chi connectivity index (χ3v) is 4.92. The molecule has 1 aromatic carbocycles. The summed E-state index contributed by atoms with van der Waals surface area (Å²) in [5, 5.41) is 8.47. The number of nitrogens with one attached hydrogen (secondary N) is 2. The average molecular weight is 381 g/mol. The first-order chi connectivity index (χ1) is 11.6. The van der Waals surface area contributed by atoms with Crippen molar-refractivity contribution >= 4 is 41.2 Å². The monoisotopic (exact) mass is 380 g/mol. The smallest absolute Gasteiger partial charge is 0.271 e. The number of rotatable bonds is 5. The highest BCUT2D eigenvalue weighted by Crippen LogP contribution is 2.26. The second kappa shape index (κ2) is 8.42. The van der Waals surface area contributed by atoms with Gasteiger partial charge in [-0.1, -0.05) is 12.1 Å². The van der Waals surface area contributed by atoms with Gasteiger partial charge in [0.25, 0.3) is 5.91 Å². The topological polar surface area (TPSA) is 97.1 Å². The minimum Gasteiger partial charge on any atom is -0.344 e. The number of hydrogen-bond donors (Lipinski definition) is 3. The van der Waals surface area contributed by atoms with Gasteiger partial charge in [-0.05, 0) is 37.1 Å². The maximum Gasteiger partial charge on any atom is 0.271 e. The molecule has 1 aromatic heterocycles. The Morgan fingerprint density at radius 3 is 3.00 bits per heavy atom. The van der Waals surface area contributed by atoms with E-state index in [-0.39, 0.29) is 30.3 Å². The van der Waals surface area contributed by atoms with Crippen molar-refractivity contribution in [1.82, 2.24) is 10.3 Å². The zero-order chi connectivity index (χ0) is 17.1. The van der Waals surface area contributed by atoms with Crippen molar-refractivity contribution in [3.05, 3.63) is 45.4 Å². The highest BCUT2D eigenvalue weighted by molar-refractivity contribution is 7.09. The molecule has 8 heteroatoms. The van der Waals surface area contributed by atoms with Crippen molar-refractivity contribution in [3.63, 3.8) is 0 Å². The lowest BCUT2D eigenvalue weighted by Gasteiger charge is -2.20. The van der Waals surface area contributed by atoms with E-state index in [2.05, 4.69) is 15.6 Å². The standard InChI is InChI=1S/C17H20N4O2S.ClH/c1-10(19-17(23)14-9-24-16(21-14)6-7-18)11-2-4-13-12(8-11)3-5-15(22)20-13;/h2,4,8-10H,3,5-7,18H2,1H3,(H,19,23)(H,20,22);1H. The molecule has 4 N–H and O–H groups in total. The summed E-state index contributed by atoms with van der Waals surface area (Å²) in [7, 11) is 0. The first-order valence-electron chi connectivity index (χ1n) is 7.95. The van der Waals surface area contributed by atoms with E-state index >= 15 is 0 Å². The largest absolute Gasteiger partial charge is 0.344 e. The molecule has 1 aliphatic heterocycles. The van der Waals surface area contributed by atoms with E-state index in [4.69, 9.17) is 5.73 Å². The van der Waals surface area contributed by atoms with Crippen molar-refractivity contribution in [2.75, 3.05) is 11.9 Å². The Balaban J connectivity index is 0.00000225. The average Bonchev–Trinajstić information content (AvgIpc) is 3.03. The van der Waals surface area contributed by atoms with Crippen LogP contribution in [0.3, 0.4) is 0 Å². The van der Waals surface area contributed by atoms with Gasteiger partial charge in [-0.3, -0.25) is 9.59 Å². The number of amides is 2. The molecule has 0 saturated carbocycles. The SMILES string of the molecule is CC(NC(=O)c1csc(CCN)n1)c1ccc2c(c1)CCC(=O)N2.Cl. The summed E-state index contributed by atoms with van der Waals surface area (Å²) in [6.07, 6.45) is 1.91. The summed E-state index contributed by atoms with van der Waals surface area (Å²) in [6.45, 7) is 2.46. The molecule has 0 radical (unpaired) electrons. The van der Waals surface area contributed by atoms with E-state index in [0.29, 0.717) is 25.1 Å². The van der Waals surface area contributed by atoms with Crippen molar-refractivity contribution in [2.24, 2.45) is 5.73 Å². The Hall–Kier alpha value is -1.96. The normalized spacial score (nSPS) is 14.1. The van der Waals surface area contributed by atoms with E-state index in [9.17, 15) is 9.59 Å². The first-order valence-corrected chi connectivity index (χ1v) is 8.83. The lowest BCUT2D eigenvalue weighted by Crippen LogP contribution is -2.27. The predicted molar refractivity (Wildman–Crippen MR) is 101 cm³/mol. The molecule has 6 nitrogen and oxygen atoms in total. The van der Waals surface area contributed by atoms with Crippen LogP contribution in [-0.4, -0.2) is 23.3 Å². The Morgan fingerprint density at radius 1 is 1.44 bits per heavy atom. The minimum atomic E-state index is -0.187. The van der Waals surface area contributed by atoms with Crippen LogP contribution in [0.15, 0.2) is 23.6 Å². The van der Waals surface area contributed by atoms with E-state index < -0.39 is 0 Å². The van der Waals surface area contributed by atoms with Crippen LogP contribution in [0.4, 0.5) is 5.69 Å². The molecule has 0 fully saturated rings. The number of nitrogens with two attached hydrogens (primary N) is 1. The molecule has 1 atom stereocenters. The third kappa shape index (κ3) is 4.56. The number of hydrogen-bond acceptors (Lipinski definition) is 5. The van der Waals surface area contributed by atoms with Gasteiger partial charge in [-0.15, -0.1) is 23.7 Å². The highest BCUT2D eigenvalue weighted by atomic mass is 35.5. The second-order valence-electron chi connectivity index (χ2n) is 5.83. The molecule has 134 valence electrons. The van der Waals surface area contributed by atoms with Gasteiger partial charge >= 0.3 is 0 Å². The van der Waals surface area contributed by atoms with Crippen LogP contribution in [0.25, 0.3) is 0 Å². The fourth-order valence-corrected chi connectivity index (χ4v) is 3.47. The molecule has 2 amide bonds. The molecular formula is C17H21ClN4O2S. The van der Waals surface area contributed by atoms with Gasteiger partial charge in [0.05, 0.1) is 11.0 Å². The van der Waals surface area contributed by atoms with E-state index in [1.54, 1.807) is 5.38 Å². The lowest BCUT2D eigenvalue weighted by molar-refractivity contribution is -0.116. The molecule has 1 unspecified atom stereocenters. The summed E-state index contributed by atoms with van der Waals surface area (Å²) >= 11 is 1.45. The van der Waals surface area contributed by atoms with Crippen LogP contribution >= 0.6 is 23.7 Å². The quantitative estimate of drug-likeness (QED) is 0.742. The van der Waals surface area contributed by atoms with E-state index in [0.717, 1.165) is 28.2 Å². The fourth-order valence-electron chi connectivity index (χ4n) is 2.68. The number of benzene rings is 1. The minimum absolute atomic E-state index is 0. The molecule has 0 aliphatic carbocycles. The van der Waals surface area contributed by atoms with Crippen molar-refractivity contribution in [3.8, 4) is 0 Å². The van der Waals surface area contributed by atoms with Gasteiger partial charge in [0.2, 0.25) is 5.91 Å². The van der Waals surface area contributed by atoms with Gasteiger partial charge in [-0.2, -0.15) is 0 Å². The van der Waals surface area contributed by atoms with E-state index in [1.807, 2.05) is 25.1 Å². The molecule has 0 saturated heterocycles. The zero-order valence-electron chi connectivity index (χ0n) is 13.9. The number of carbonyl (C=O) groups is 2. The van der Waals surface area contributed by atoms with Gasteiger partial charge in [-0.25, -0.2) is 4.98 Å². The van der Waals surface area contributed by atoms with Gasteiger partial charge in [0.1, 0.15) is 5.69 Å². The van der Waals surface area contributed by atoms with Gasteiger partial charge < -0.3 is 16.4 Å². The van der Waals surface area contributed by atoms with Crippen LogP contribution in [0.2, 0.25) is 0 Å². The second-order valence-corrected chi connectivity index (χ2v) is 6.77. The molecule has 0 spiro atoms. The van der Waals surface area contributed by atoms with Crippen LogP contribution in [0, 0.1) is 0 Å². The highest BCUT2D eigenvalue weighted by Gasteiger charge is 2.18. The molecule has 25 heavy (non-hydrogen) atoms. The maximum atomic E-state index is 12.3. The summed E-state index contributed by atoms with van der Waals surface area (Å²) in [5.74, 6) is -0.138. The summed E-state index contributed by atoms with van der Waals surface area (Å²) in [6, 6.07) is 5.73. The van der Waals surface area contributed by atoms with Crippen LogP contribution in [0.1, 0.15) is 46.0 Å². The number of fused-ring (bicyclic) bond motifs is 1. The molecule has 3 rings (SSSR count). The number of halogens is 1. The summed E-state index contributed by atoms with van der Waals surface area (Å²) in [4.78, 5) is 28.0. The van der Waals surface area contributed by atoms with Crippen LogP contribution < -0.4 is 16.4 Å². The van der Waals surface area contributed by atoms with Crippen molar-refractivity contribution < 1.29 is 9.59 Å². The number of thiazole rings is 1. The molecular weight excluding hydrogens is 360 g/mol. The number of aromatic nitrogens is 1. The Morgan fingerprint density at radius 2 is 2.24 bits per heavy atom. The number of aryl methyl sites for hydroxylation is 1. The Kier molecular flexibility index (Phi) is 6.52. The maximum absolute atomic E-state index is 12.3. The molecule has 2 heterocycles. The van der Waals surface area contributed by atoms with Crippen LogP contribution in [0.5, 0.6) is 0 Å². The number of anilines is 1. The lowest BCUT2D eigenvalue weighted by atomic mass is 9.98. The zero-order valence-corrected chi connectivity index (χ0v) is 15.5. The van der Waals surface area contributed by atoms with Crippen LogP contribution in [-0.2, 0) is 17.6 Å². The van der Waals surface area contributed by atoms with Crippen molar-refractivity contribution in [1.29, 1.82) is 0 Å². The van der Waals surface area contributed by atoms with E-state index in [1.165, 1.54) is 11.3 Å². The Bertz CT molecular complexity index is 778. The predicted octanol–water partition coefficient (Wildman–Crippen LogP) is 2.44. The van der Waals surface area contributed by atoms with Gasteiger partial charge in [0, 0.05) is 23.9 Å². The van der Waals surface area contributed by atoms with Gasteiger partial charge in [0.15, 0.2) is 0 Å². The Labute approximate surface area is 156 Å². The fraction of sp³-hybridized carbons (Fsp3) is 0.353. The molecule has 0 bridgehead atoms. The molecule has 2 aromatic rings. The van der Waals surface area contributed by atoms with Crippen molar-refractivity contribution in [2.45, 2.75) is 32.2 Å². The molecule has 1 aliphatic rings. The number of nitrogens with zero attached hydrogens (tertiary/aromatic N) is 1. The summed E-state index contributed by atoms with van der Waals surface area (Å²) in [5.41, 5.74) is 8.91. The first kappa shape index (κ1) is 19.4. The third-order valence-electron chi connectivity index (χ3n) is 4.01.